The third-order valence-electron chi connectivity index (χ3n) is 3.01. The van der Waals surface area contributed by atoms with Crippen molar-refractivity contribution in [1.82, 2.24) is 8.61 Å². The van der Waals surface area contributed by atoms with E-state index in [0.717, 1.165) is 14.7 Å². The Hall–Kier alpha value is -1.49. The molecule has 0 bridgehead atoms. The first-order chi connectivity index (χ1) is 10.5. The van der Waals surface area contributed by atoms with Crippen molar-refractivity contribution in [3.05, 3.63) is 24.3 Å². The number of hydrogen-bond donors (Lipinski definition) is 1. The Labute approximate surface area is 136 Å². The normalized spacial score (nSPS) is 12.7. The zero-order valence-electron chi connectivity index (χ0n) is 13.1. The number of nitrogens with zero attached hydrogens (tertiary/aromatic N) is 2. The number of rotatable bonds is 8. The van der Waals surface area contributed by atoms with Crippen LogP contribution in [-0.2, 0) is 24.8 Å². The van der Waals surface area contributed by atoms with Crippen molar-refractivity contribution in [3.8, 4) is 0 Å². The molecule has 0 saturated carbocycles. The van der Waals surface area contributed by atoms with Crippen LogP contribution in [0.1, 0.15) is 13.3 Å². The van der Waals surface area contributed by atoms with E-state index < -0.39 is 37.5 Å². The summed E-state index contributed by atoms with van der Waals surface area (Å²) < 4.78 is 51.8. The van der Waals surface area contributed by atoms with Crippen molar-refractivity contribution < 1.29 is 26.7 Å². The number of carboxylic acid groups (broad SMARTS) is 1. The van der Waals surface area contributed by atoms with Crippen LogP contribution in [0.4, 0.5) is 0 Å². The highest BCUT2D eigenvalue weighted by atomic mass is 32.2. The first kappa shape index (κ1) is 19.6. The molecule has 0 fully saturated rings. The minimum atomic E-state index is -4.26. The van der Waals surface area contributed by atoms with E-state index in [9.17, 15) is 21.6 Å². The van der Waals surface area contributed by atoms with E-state index in [2.05, 4.69) is 0 Å². The lowest BCUT2D eigenvalue weighted by Gasteiger charge is -2.22. The van der Waals surface area contributed by atoms with Crippen LogP contribution in [0, 0.1) is 0 Å². The lowest BCUT2D eigenvalue weighted by Crippen LogP contribution is -2.37. The van der Waals surface area contributed by atoms with E-state index >= 15 is 0 Å². The molecule has 0 aliphatic heterocycles. The van der Waals surface area contributed by atoms with Crippen LogP contribution < -0.4 is 0 Å². The van der Waals surface area contributed by atoms with Gasteiger partial charge in [-0.2, -0.15) is 4.31 Å². The number of hydrogen-bond acceptors (Lipinski definition) is 5. The first-order valence-electron chi connectivity index (χ1n) is 6.78. The highest BCUT2D eigenvalue weighted by Gasteiger charge is 2.32. The second kappa shape index (κ2) is 7.39. The summed E-state index contributed by atoms with van der Waals surface area (Å²) in [7, 11) is -5.66. The number of carbonyl (C=O) groups is 1. The van der Waals surface area contributed by atoms with Gasteiger partial charge in [0.1, 0.15) is 16.3 Å². The SMILES string of the molecule is CCCN(CC(=O)O)S(=O)(=O)c1ccccc1S(=O)(=O)N(C)C. The lowest BCUT2D eigenvalue weighted by atomic mass is 10.4. The summed E-state index contributed by atoms with van der Waals surface area (Å²) in [5.74, 6) is -1.31. The maximum atomic E-state index is 12.7. The average Bonchev–Trinajstić information content (AvgIpc) is 2.46. The number of carboxylic acids is 1. The molecule has 1 N–H and O–H groups in total. The van der Waals surface area contributed by atoms with Crippen LogP contribution >= 0.6 is 0 Å². The minimum Gasteiger partial charge on any atom is -0.480 e. The van der Waals surface area contributed by atoms with Crippen LogP contribution in [0.25, 0.3) is 0 Å². The Morgan fingerprint density at radius 2 is 1.52 bits per heavy atom. The van der Waals surface area contributed by atoms with Gasteiger partial charge in [0.25, 0.3) is 0 Å². The van der Waals surface area contributed by atoms with Gasteiger partial charge in [-0.3, -0.25) is 4.79 Å². The third kappa shape index (κ3) is 4.28. The highest BCUT2D eigenvalue weighted by Crippen LogP contribution is 2.25. The van der Waals surface area contributed by atoms with Gasteiger partial charge in [0.2, 0.25) is 20.0 Å². The standard InChI is InChI=1S/C13H20N2O6S2/c1-4-9-15(10-13(16)17)23(20,21)12-8-6-5-7-11(12)22(18,19)14(2)3/h5-8H,4,9-10H2,1-3H3,(H,16,17). The van der Waals surface area contributed by atoms with E-state index in [1.165, 1.54) is 32.3 Å². The molecular weight excluding hydrogens is 344 g/mol. The van der Waals surface area contributed by atoms with Crippen LogP contribution in [0.2, 0.25) is 0 Å². The molecule has 0 radical (unpaired) electrons. The van der Waals surface area contributed by atoms with E-state index in [1.807, 2.05) is 0 Å². The number of sulfonamides is 2. The maximum Gasteiger partial charge on any atom is 0.318 e. The Balaban J connectivity index is 3.53. The van der Waals surface area contributed by atoms with E-state index in [1.54, 1.807) is 6.92 Å². The van der Waals surface area contributed by atoms with Gasteiger partial charge < -0.3 is 5.11 Å². The molecule has 8 nitrogen and oxygen atoms in total. The predicted molar refractivity (Wildman–Crippen MR) is 84.0 cm³/mol. The molecule has 0 amide bonds. The Bertz CT molecular complexity index is 771. The molecular formula is C13H20N2O6S2. The van der Waals surface area contributed by atoms with Gasteiger partial charge in [0, 0.05) is 20.6 Å². The fourth-order valence-corrected chi connectivity index (χ4v) is 5.05. The van der Waals surface area contributed by atoms with Gasteiger partial charge in [-0.15, -0.1) is 0 Å². The second-order valence-electron chi connectivity index (χ2n) is 4.97. The Morgan fingerprint density at radius 3 is 1.91 bits per heavy atom. The second-order valence-corrected chi connectivity index (χ2v) is 8.99. The quantitative estimate of drug-likeness (QED) is 0.715. The van der Waals surface area contributed by atoms with Crippen LogP contribution in [0.3, 0.4) is 0 Å². The van der Waals surface area contributed by atoms with Gasteiger partial charge in [0.05, 0.1) is 0 Å². The van der Waals surface area contributed by atoms with Gasteiger partial charge in [0.15, 0.2) is 0 Å². The fraction of sp³-hybridized carbons (Fsp3) is 0.462. The lowest BCUT2D eigenvalue weighted by molar-refractivity contribution is -0.137. The summed E-state index contributed by atoms with van der Waals surface area (Å²) in [4.78, 5) is 10.1. The molecule has 0 atom stereocenters. The number of benzene rings is 1. The van der Waals surface area contributed by atoms with Crippen molar-refractivity contribution in [1.29, 1.82) is 0 Å². The minimum absolute atomic E-state index is 0.0228. The molecule has 10 heteroatoms. The fourth-order valence-electron chi connectivity index (χ4n) is 1.90. The number of aliphatic carboxylic acids is 1. The monoisotopic (exact) mass is 364 g/mol. The molecule has 0 aliphatic rings. The molecule has 0 saturated heterocycles. The van der Waals surface area contributed by atoms with Crippen molar-refractivity contribution in [2.75, 3.05) is 27.2 Å². The molecule has 23 heavy (non-hydrogen) atoms. The molecule has 1 aromatic carbocycles. The Morgan fingerprint density at radius 1 is 1.04 bits per heavy atom. The molecule has 1 rings (SSSR count). The summed E-state index contributed by atoms with van der Waals surface area (Å²) in [6, 6.07) is 5.16. The maximum absolute atomic E-state index is 12.7. The largest absolute Gasteiger partial charge is 0.480 e. The van der Waals surface area contributed by atoms with Crippen LogP contribution in [0.5, 0.6) is 0 Å². The van der Waals surface area contributed by atoms with Crippen molar-refractivity contribution >= 4 is 26.0 Å². The topological polar surface area (TPSA) is 112 Å². The molecule has 1 aromatic rings. The van der Waals surface area contributed by atoms with Crippen LogP contribution in [-0.4, -0.2) is 63.7 Å². The summed E-state index contributed by atoms with van der Waals surface area (Å²) in [6.45, 7) is 0.949. The summed E-state index contributed by atoms with van der Waals surface area (Å²) in [5, 5.41) is 8.91. The third-order valence-corrected chi connectivity index (χ3v) is 6.92. The van der Waals surface area contributed by atoms with Gasteiger partial charge in [-0.1, -0.05) is 19.1 Å². The molecule has 0 heterocycles. The summed E-state index contributed by atoms with van der Waals surface area (Å²) in [6.07, 6.45) is 0.398. The first-order valence-corrected chi connectivity index (χ1v) is 9.66. The molecule has 0 unspecified atom stereocenters. The van der Waals surface area contributed by atoms with Crippen molar-refractivity contribution in [2.24, 2.45) is 0 Å². The zero-order chi connectivity index (χ0) is 17.8. The smallest absolute Gasteiger partial charge is 0.318 e. The average molecular weight is 364 g/mol. The highest BCUT2D eigenvalue weighted by molar-refractivity contribution is 7.92. The van der Waals surface area contributed by atoms with Gasteiger partial charge >= 0.3 is 5.97 Å². The van der Waals surface area contributed by atoms with Crippen molar-refractivity contribution in [3.63, 3.8) is 0 Å². The molecule has 130 valence electrons. The van der Waals surface area contributed by atoms with E-state index in [0.29, 0.717) is 6.42 Å². The Kier molecular flexibility index (Phi) is 6.28. The summed E-state index contributed by atoms with van der Waals surface area (Å²) in [5.41, 5.74) is 0. The van der Waals surface area contributed by atoms with E-state index in [-0.39, 0.29) is 11.4 Å². The van der Waals surface area contributed by atoms with Gasteiger partial charge in [-0.05, 0) is 18.6 Å². The zero-order valence-corrected chi connectivity index (χ0v) is 14.8. The molecule has 0 aromatic heterocycles. The molecule has 0 spiro atoms. The van der Waals surface area contributed by atoms with Crippen LogP contribution in [0.15, 0.2) is 34.1 Å². The van der Waals surface area contributed by atoms with Crippen molar-refractivity contribution in [2.45, 2.75) is 23.1 Å². The predicted octanol–water partition coefficient (Wildman–Crippen LogP) is 0.422. The van der Waals surface area contributed by atoms with E-state index in [4.69, 9.17) is 5.11 Å². The molecule has 0 aliphatic carbocycles. The van der Waals surface area contributed by atoms with Gasteiger partial charge in [-0.25, -0.2) is 21.1 Å². The summed E-state index contributed by atoms with van der Waals surface area (Å²) >= 11 is 0.